The molecule has 2 aromatic rings. The summed E-state index contributed by atoms with van der Waals surface area (Å²) in [6, 6.07) is 15.9. The van der Waals surface area contributed by atoms with Gasteiger partial charge in [0, 0.05) is 46.9 Å². The third kappa shape index (κ3) is 7.61. The highest BCUT2D eigenvalue weighted by molar-refractivity contribution is 6.30. The van der Waals surface area contributed by atoms with E-state index in [1.165, 1.54) is 5.57 Å². The van der Waals surface area contributed by atoms with Crippen molar-refractivity contribution in [3.05, 3.63) is 80.8 Å². The number of Topliss-reactive ketones (excluding diaryl/α,β-unsaturated/α-hetero) is 1. The fourth-order valence-corrected chi connectivity index (χ4v) is 14.5. The second-order valence-electron chi connectivity index (χ2n) is 22.0. The number of carboxylic acids is 1. The summed E-state index contributed by atoms with van der Waals surface area (Å²) in [7, 11) is 0. The minimum atomic E-state index is -1.18. The summed E-state index contributed by atoms with van der Waals surface area (Å²) in [5.41, 5.74) is 2.41. The van der Waals surface area contributed by atoms with Crippen LogP contribution in [0.15, 0.2) is 59.7 Å². The van der Waals surface area contributed by atoms with Crippen LogP contribution < -0.4 is 0 Å². The third-order valence-corrected chi connectivity index (χ3v) is 18.1. The highest BCUT2D eigenvalue weighted by Crippen LogP contribution is 2.77. The van der Waals surface area contributed by atoms with Gasteiger partial charge in [-0.05, 0) is 146 Å². The van der Waals surface area contributed by atoms with Crippen molar-refractivity contribution >= 4 is 40.9 Å². The van der Waals surface area contributed by atoms with E-state index >= 15 is 0 Å². The zero-order valence-corrected chi connectivity index (χ0v) is 39.0. The lowest BCUT2D eigenvalue weighted by Crippen LogP contribution is -2.66. The van der Waals surface area contributed by atoms with Crippen molar-refractivity contribution in [3.8, 4) is 0 Å². The van der Waals surface area contributed by atoms with Gasteiger partial charge >= 0.3 is 11.9 Å². The molecule has 0 amide bonds. The minimum Gasteiger partial charge on any atom is -0.481 e. The number of fused-ring (bicyclic) bond motifs is 7. The van der Waals surface area contributed by atoms with Gasteiger partial charge in [0.2, 0.25) is 0 Å². The number of carboxylic acid groups (broad SMARTS) is 1. The lowest BCUT2D eigenvalue weighted by atomic mass is 9.33. The average Bonchev–Trinajstić information content (AvgIpc) is 3.48. The van der Waals surface area contributed by atoms with Gasteiger partial charge in [0.05, 0.1) is 17.9 Å². The zero-order chi connectivity index (χ0) is 43.8. The predicted molar refractivity (Wildman–Crippen MR) is 238 cm³/mol. The molecule has 2 N–H and O–H groups in total. The first kappa shape index (κ1) is 45.3. The first-order valence-corrected chi connectivity index (χ1v) is 23.3. The van der Waals surface area contributed by atoms with Gasteiger partial charge in [-0.2, -0.15) is 0 Å². The molecule has 0 aromatic heterocycles. The van der Waals surface area contributed by atoms with E-state index in [0.717, 1.165) is 68.1 Å². The van der Waals surface area contributed by atoms with Crippen LogP contribution in [0.3, 0.4) is 0 Å². The quantitative estimate of drug-likeness (QED) is 0.205. The van der Waals surface area contributed by atoms with Crippen molar-refractivity contribution in [3.63, 3.8) is 0 Å². The molecule has 0 radical (unpaired) electrons. The molecule has 5 aliphatic carbocycles. The van der Waals surface area contributed by atoms with Crippen LogP contribution in [-0.2, 0) is 32.2 Å². The summed E-state index contributed by atoms with van der Waals surface area (Å²) in [5, 5.41) is 23.9. The molecule has 2 aromatic carbocycles. The number of rotatable bonds is 12. The van der Waals surface area contributed by atoms with E-state index in [-0.39, 0.29) is 51.8 Å². The van der Waals surface area contributed by atoms with E-state index in [1.807, 2.05) is 48.5 Å². The first-order chi connectivity index (χ1) is 28.0. The number of aliphatic hydroxyl groups excluding tert-OH is 1. The zero-order valence-electron chi connectivity index (χ0n) is 37.5. The number of hydrogen-bond acceptors (Lipinski definition) is 6. The molecule has 9 atom stereocenters. The maximum atomic E-state index is 14.4. The van der Waals surface area contributed by atoms with Crippen LogP contribution in [0.2, 0.25) is 10.0 Å². The Balaban J connectivity index is 1.17. The minimum absolute atomic E-state index is 0.0132. The van der Waals surface area contributed by atoms with Gasteiger partial charge in [-0.3, -0.25) is 19.3 Å². The Bertz CT molecular complexity index is 1960. The topological polar surface area (TPSA) is 104 Å². The fraction of sp³-hybridized carbons (Fsp3) is 0.667. The van der Waals surface area contributed by atoms with Crippen LogP contribution in [0.1, 0.15) is 138 Å². The molecule has 328 valence electrons. The van der Waals surface area contributed by atoms with Crippen molar-refractivity contribution in [2.75, 3.05) is 6.54 Å². The molecule has 4 fully saturated rings. The van der Waals surface area contributed by atoms with E-state index in [9.17, 15) is 24.6 Å². The smallest absolute Gasteiger partial charge is 0.309 e. The van der Waals surface area contributed by atoms with Gasteiger partial charge in [0.1, 0.15) is 6.10 Å². The predicted octanol–water partition coefficient (Wildman–Crippen LogP) is 11.7. The van der Waals surface area contributed by atoms with Gasteiger partial charge in [-0.1, -0.05) is 102 Å². The molecule has 5 aliphatic rings. The van der Waals surface area contributed by atoms with Gasteiger partial charge in [-0.15, -0.1) is 0 Å². The van der Waals surface area contributed by atoms with Crippen molar-refractivity contribution < 1.29 is 29.3 Å². The first-order valence-electron chi connectivity index (χ1n) is 22.6. The SMILES string of the molecule is CC(C)C1=C2[C@H]3CC[C@@H]4[C@@]5(C)CC[C@H](OC(=O)CC(C)(C)C(=O)O)C(C)(C)[C@@H]5CC[C@@]4(C)[C@]3(C)CC[C@@]2([C@@H](O)CN(Cc2ccc(Cl)cc2)Cc2ccc(Cl)cc2)CC1=O. The fourth-order valence-electron chi connectivity index (χ4n) is 14.2. The molecule has 0 heterocycles. The number of carbonyl (C=O) groups is 3. The van der Waals surface area contributed by atoms with Crippen LogP contribution in [0.25, 0.3) is 0 Å². The molecular weight excluding hydrogens is 793 g/mol. The van der Waals surface area contributed by atoms with Crippen molar-refractivity contribution in [2.45, 2.75) is 152 Å². The molecule has 0 aliphatic heterocycles. The number of hydrogen-bond donors (Lipinski definition) is 2. The van der Waals surface area contributed by atoms with Crippen LogP contribution in [0.4, 0.5) is 0 Å². The summed E-state index contributed by atoms with van der Waals surface area (Å²) in [5.74, 6) is -0.129. The number of halogens is 2. The van der Waals surface area contributed by atoms with E-state index in [1.54, 1.807) is 13.8 Å². The molecule has 0 unspecified atom stereocenters. The number of esters is 1. The summed E-state index contributed by atoms with van der Waals surface area (Å²) in [6.45, 7) is 21.4. The highest BCUT2D eigenvalue weighted by atomic mass is 35.5. The number of aliphatic carboxylic acids is 1. The maximum Gasteiger partial charge on any atom is 0.309 e. The molecule has 0 bridgehead atoms. The largest absolute Gasteiger partial charge is 0.481 e. The monoisotopic (exact) mass is 861 g/mol. The summed E-state index contributed by atoms with van der Waals surface area (Å²) in [6.07, 6.45) is 6.85. The molecule has 60 heavy (non-hydrogen) atoms. The Morgan fingerprint density at radius 3 is 1.95 bits per heavy atom. The van der Waals surface area contributed by atoms with Gasteiger partial charge in [0.25, 0.3) is 0 Å². The highest BCUT2D eigenvalue weighted by Gasteiger charge is 2.71. The maximum absolute atomic E-state index is 14.4. The van der Waals surface area contributed by atoms with Crippen LogP contribution in [-0.4, -0.2) is 51.6 Å². The number of aliphatic hydroxyl groups is 1. The Morgan fingerprint density at radius 2 is 1.40 bits per heavy atom. The van der Waals surface area contributed by atoms with Crippen LogP contribution in [0.5, 0.6) is 0 Å². The number of carbonyl (C=O) groups excluding carboxylic acids is 2. The van der Waals surface area contributed by atoms with E-state index in [4.69, 9.17) is 27.9 Å². The lowest BCUT2D eigenvalue weighted by molar-refractivity contribution is -0.235. The van der Waals surface area contributed by atoms with E-state index in [0.29, 0.717) is 47.9 Å². The van der Waals surface area contributed by atoms with E-state index in [2.05, 4.69) is 53.4 Å². The van der Waals surface area contributed by atoms with Crippen molar-refractivity contribution in [1.29, 1.82) is 0 Å². The van der Waals surface area contributed by atoms with Gasteiger partial charge < -0.3 is 14.9 Å². The molecule has 0 spiro atoms. The number of benzene rings is 2. The molecule has 7 rings (SSSR count). The average molecular weight is 863 g/mol. The number of ether oxygens (including phenoxy) is 1. The Morgan fingerprint density at radius 1 is 0.817 bits per heavy atom. The van der Waals surface area contributed by atoms with Crippen LogP contribution >= 0.6 is 23.2 Å². The third-order valence-electron chi connectivity index (χ3n) is 17.6. The Labute approximate surface area is 369 Å². The van der Waals surface area contributed by atoms with Crippen molar-refractivity contribution in [2.24, 2.45) is 56.2 Å². The lowest BCUT2D eigenvalue weighted by Gasteiger charge is -2.72. The molecular formula is C51H69Cl2NO6. The van der Waals surface area contributed by atoms with Gasteiger partial charge in [0.15, 0.2) is 5.78 Å². The standard InChI is InChI=1S/C51H69Cl2NO6/c1-31(2)43-37(55)26-51(40(56)30-54(28-32-10-14-34(52)15-11-32)29-33-12-16-35(53)17-13-33)25-24-49(8)36(44(43)51)18-19-39-48(7)22-21-41(60-42(57)27-46(3,4)45(58)59)47(5,6)38(48)20-23-50(39,49)9/h10-17,31,36,38-41,56H,18-30H2,1-9H3,(H,58,59)/t36-,38+,39-,40+,41+,48+,49-,50-,51+/m1/s1. The summed E-state index contributed by atoms with van der Waals surface area (Å²) >= 11 is 12.6. The summed E-state index contributed by atoms with van der Waals surface area (Å²) in [4.78, 5) is 41.7. The second kappa shape index (κ2) is 16.1. The van der Waals surface area contributed by atoms with Gasteiger partial charge in [-0.25, -0.2) is 0 Å². The second-order valence-corrected chi connectivity index (χ2v) is 22.9. The summed E-state index contributed by atoms with van der Waals surface area (Å²) < 4.78 is 6.20. The molecule has 0 saturated heterocycles. The normalized spacial score (nSPS) is 34.1. The molecule has 4 saturated carbocycles. The Kier molecular flexibility index (Phi) is 12.2. The number of ketones is 1. The number of allylic oxidation sites excluding steroid dienone is 1. The molecule has 9 heteroatoms. The number of nitrogens with zero attached hydrogens (tertiary/aromatic N) is 1. The van der Waals surface area contributed by atoms with E-state index < -0.39 is 28.9 Å². The van der Waals surface area contributed by atoms with Crippen LogP contribution in [0, 0.1) is 56.2 Å². The Hall–Kier alpha value is -2.71. The van der Waals surface area contributed by atoms with Crippen molar-refractivity contribution in [1.82, 2.24) is 4.90 Å². The molecule has 7 nitrogen and oxygen atoms in total.